The van der Waals surface area contributed by atoms with Crippen molar-refractivity contribution in [2.75, 3.05) is 0 Å². The number of amides is 1. The van der Waals surface area contributed by atoms with Crippen LogP contribution >= 0.6 is 0 Å². The van der Waals surface area contributed by atoms with Gasteiger partial charge < -0.3 is 10.3 Å². The monoisotopic (exact) mass is 318 g/mol. The Kier molecular flexibility index (Phi) is 3.64. The lowest BCUT2D eigenvalue weighted by atomic mass is 10.0. The van der Waals surface area contributed by atoms with Gasteiger partial charge in [0.25, 0.3) is 0 Å². The highest BCUT2D eigenvalue weighted by Gasteiger charge is 2.29. The minimum atomic E-state index is 0.191. The van der Waals surface area contributed by atoms with Gasteiger partial charge in [0.2, 0.25) is 5.91 Å². The molecule has 0 aliphatic heterocycles. The normalized spacial score (nSPS) is 14.1. The van der Waals surface area contributed by atoms with Crippen LogP contribution in [0.3, 0.4) is 0 Å². The van der Waals surface area contributed by atoms with Gasteiger partial charge in [-0.2, -0.15) is 0 Å². The molecule has 0 saturated heterocycles. The fourth-order valence-corrected chi connectivity index (χ4v) is 3.36. The zero-order valence-electron chi connectivity index (χ0n) is 14.1. The Bertz CT molecular complexity index is 904. The molecule has 3 aromatic rings. The summed E-state index contributed by atoms with van der Waals surface area (Å²) in [5, 5.41) is 4.33. The molecular formula is C21H22N2O. The number of aryl methyl sites for hydroxylation is 2. The topological polar surface area (TPSA) is 44.9 Å². The van der Waals surface area contributed by atoms with Gasteiger partial charge >= 0.3 is 0 Å². The third-order valence-electron chi connectivity index (χ3n) is 4.86. The SMILES string of the molecule is Cc1cc(CNC(=O)C2CC2)c2[nH]c(-c3ccccc3)c(C)c2c1. The van der Waals surface area contributed by atoms with Crippen molar-refractivity contribution in [3.8, 4) is 11.3 Å². The molecule has 0 unspecified atom stereocenters. The second-order valence-corrected chi connectivity index (χ2v) is 6.83. The van der Waals surface area contributed by atoms with E-state index in [1.165, 1.54) is 22.1 Å². The summed E-state index contributed by atoms with van der Waals surface area (Å²) in [6.45, 7) is 4.86. The maximum absolute atomic E-state index is 12.0. The van der Waals surface area contributed by atoms with Gasteiger partial charge in [0.15, 0.2) is 0 Å². The fraction of sp³-hybridized carbons (Fsp3) is 0.286. The molecule has 1 fully saturated rings. The lowest BCUT2D eigenvalue weighted by molar-refractivity contribution is -0.122. The van der Waals surface area contributed by atoms with E-state index in [9.17, 15) is 4.79 Å². The van der Waals surface area contributed by atoms with Gasteiger partial charge in [0.05, 0.1) is 5.52 Å². The van der Waals surface area contributed by atoms with Crippen molar-refractivity contribution in [2.45, 2.75) is 33.2 Å². The second-order valence-electron chi connectivity index (χ2n) is 6.83. The summed E-state index contributed by atoms with van der Waals surface area (Å²) in [5.41, 5.74) is 7.12. The van der Waals surface area contributed by atoms with Crippen LogP contribution in [0.4, 0.5) is 0 Å². The first-order chi connectivity index (χ1) is 11.6. The Morgan fingerprint density at radius 1 is 1.17 bits per heavy atom. The fourth-order valence-electron chi connectivity index (χ4n) is 3.36. The maximum atomic E-state index is 12.0. The van der Waals surface area contributed by atoms with E-state index in [0.29, 0.717) is 6.54 Å². The van der Waals surface area contributed by atoms with E-state index < -0.39 is 0 Å². The number of H-pyrrole nitrogens is 1. The first-order valence-electron chi connectivity index (χ1n) is 8.58. The van der Waals surface area contributed by atoms with Crippen LogP contribution in [-0.2, 0) is 11.3 Å². The van der Waals surface area contributed by atoms with Crippen LogP contribution in [0.2, 0.25) is 0 Å². The smallest absolute Gasteiger partial charge is 0.223 e. The largest absolute Gasteiger partial charge is 0.354 e. The van der Waals surface area contributed by atoms with Crippen LogP contribution in [0, 0.1) is 19.8 Å². The number of aromatic nitrogens is 1. The van der Waals surface area contributed by atoms with E-state index in [1.807, 2.05) is 6.07 Å². The lowest BCUT2D eigenvalue weighted by Crippen LogP contribution is -2.24. The molecule has 3 nitrogen and oxygen atoms in total. The molecule has 1 saturated carbocycles. The van der Waals surface area contributed by atoms with Gasteiger partial charge in [-0.05, 0) is 49.4 Å². The van der Waals surface area contributed by atoms with Crippen molar-refractivity contribution >= 4 is 16.8 Å². The van der Waals surface area contributed by atoms with Crippen LogP contribution < -0.4 is 5.32 Å². The van der Waals surface area contributed by atoms with Crippen molar-refractivity contribution in [1.29, 1.82) is 0 Å². The molecule has 1 aliphatic rings. The van der Waals surface area contributed by atoms with Crippen LogP contribution in [-0.4, -0.2) is 10.9 Å². The average Bonchev–Trinajstić information content (AvgIpc) is 3.39. The summed E-state index contributed by atoms with van der Waals surface area (Å²) in [6.07, 6.45) is 2.07. The van der Waals surface area contributed by atoms with Crippen LogP contribution in [0.15, 0.2) is 42.5 Å². The molecule has 0 spiro atoms. The summed E-state index contributed by atoms with van der Waals surface area (Å²) in [4.78, 5) is 15.6. The third kappa shape index (κ3) is 2.71. The van der Waals surface area contributed by atoms with E-state index in [0.717, 1.165) is 29.6 Å². The summed E-state index contributed by atoms with van der Waals surface area (Å²) < 4.78 is 0. The molecule has 1 heterocycles. The number of fused-ring (bicyclic) bond motifs is 1. The highest BCUT2D eigenvalue weighted by atomic mass is 16.2. The molecule has 2 aromatic carbocycles. The molecule has 24 heavy (non-hydrogen) atoms. The van der Waals surface area contributed by atoms with Gasteiger partial charge in [-0.1, -0.05) is 42.0 Å². The summed E-state index contributed by atoms with van der Waals surface area (Å²) in [5.74, 6) is 0.437. The Morgan fingerprint density at radius 2 is 1.92 bits per heavy atom. The van der Waals surface area contributed by atoms with E-state index >= 15 is 0 Å². The van der Waals surface area contributed by atoms with Crippen LogP contribution in [0.5, 0.6) is 0 Å². The van der Waals surface area contributed by atoms with Crippen molar-refractivity contribution in [3.05, 3.63) is 59.2 Å². The quantitative estimate of drug-likeness (QED) is 0.732. The number of hydrogen-bond donors (Lipinski definition) is 2. The first-order valence-corrected chi connectivity index (χ1v) is 8.58. The zero-order chi connectivity index (χ0) is 16.7. The molecule has 1 aliphatic carbocycles. The maximum Gasteiger partial charge on any atom is 0.223 e. The molecule has 0 atom stereocenters. The predicted octanol–water partition coefficient (Wildman–Crippen LogP) is 4.48. The molecule has 2 N–H and O–H groups in total. The highest BCUT2D eigenvalue weighted by molar-refractivity contribution is 5.93. The summed E-state index contributed by atoms with van der Waals surface area (Å²) in [7, 11) is 0. The predicted molar refractivity (Wildman–Crippen MR) is 97.8 cm³/mol. The Balaban J connectivity index is 1.75. The molecular weight excluding hydrogens is 296 g/mol. The van der Waals surface area contributed by atoms with Gasteiger partial charge in [-0.3, -0.25) is 4.79 Å². The summed E-state index contributed by atoms with van der Waals surface area (Å²) >= 11 is 0. The van der Waals surface area contributed by atoms with Crippen LogP contribution in [0.1, 0.15) is 29.5 Å². The number of rotatable bonds is 4. The molecule has 1 amide bonds. The number of hydrogen-bond acceptors (Lipinski definition) is 1. The second kappa shape index (κ2) is 5.82. The minimum Gasteiger partial charge on any atom is -0.354 e. The molecule has 3 heteroatoms. The van der Waals surface area contributed by atoms with Crippen LogP contribution in [0.25, 0.3) is 22.2 Å². The average molecular weight is 318 g/mol. The van der Waals surface area contributed by atoms with Gasteiger partial charge in [-0.25, -0.2) is 0 Å². The molecule has 122 valence electrons. The third-order valence-corrected chi connectivity index (χ3v) is 4.86. The number of aromatic amines is 1. The minimum absolute atomic E-state index is 0.191. The standard InChI is InChI=1S/C21H22N2O/c1-13-10-17(12-22-21(24)16-8-9-16)20-18(11-13)14(2)19(23-20)15-6-4-3-5-7-15/h3-7,10-11,16,23H,8-9,12H2,1-2H3,(H,22,24). The molecule has 4 rings (SSSR count). The zero-order valence-corrected chi connectivity index (χ0v) is 14.1. The van der Waals surface area contributed by atoms with E-state index in [4.69, 9.17) is 0 Å². The molecule has 0 bridgehead atoms. The van der Waals surface area contributed by atoms with E-state index in [-0.39, 0.29) is 11.8 Å². The van der Waals surface area contributed by atoms with Crippen molar-refractivity contribution in [1.82, 2.24) is 10.3 Å². The number of benzene rings is 2. The van der Waals surface area contributed by atoms with Gasteiger partial charge in [-0.15, -0.1) is 0 Å². The first kappa shape index (κ1) is 15.0. The van der Waals surface area contributed by atoms with E-state index in [1.54, 1.807) is 0 Å². The number of carbonyl (C=O) groups excluding carboxylic acids is 1. The summed E-state index contributed by atoms with van der Waals surface area (Å²) in [6, 6.07) is 14.8. The van der Waals surface area contributed by atoms with Crippen molar-refractivity contribution < 1.29 is 4.79 Å². The Hall–Kier alpha value is -2.55. The highest BCUT2D eigenvalue weighted by Crippen LogP contribution is 2.33. The Morgan fingerprint density at radius 3 is 2.62 bits per heavy atom. The van der Waals surface area contributed by atoms with Crippen molar-refractivity contribution in [3.63, 3.8) is 0 Å². The number of nitrogens with one attached hydrogen (secondary N) is 2. The van der Waals surface area contributed by atoms with Crippen molar-refractivity contribution in [2.24, 2.45) is 5.92 Å². The van der Waals surface area contributed by atoms with Gasteiger partial charge in [0.1, 0.15) is 0 Å². The Labute approximate surface area is 142 Å². The molecule has 0 radical (unpaired) electrons. The van der Waals surface area contributed by atoms with Gasteiger partial charge in [0, 0.05) is 23.5 Å². The molecule has 1 aromatic heterocycles. The van der Waals surface area contributed by atoms with E-state index in [2.05, 4.69) is 60.5 Å². The lowest BCUT2D eigenvalue weighted by Gasteiger charge is -2.07. The number of carbonyl (C=O) groups is 1.